The number of carbonyl (C=O) groups is 2. The monoisotopic (exact) mass is 285 g/mol. The first-order chi connectivity index (χ1) is 9.36. The fourth-order valence-corrected chi connectivity index (χ4v) is 2.59. The number of pyridine rings is 1. The van der Waals surface area contributed by atoms with Gasteiger partial charge in [-0.3, -0.25) is 14.9 Å². The maximum Gasteiger partial charge on any atom is 0.433 e. The Labute approximate surface area is 111 Å². The Morgan fingerprint density at radius 2 is 1.75 bits per heavy atom. The summed E-state index contributed by atoms with van der Waals surface area (Å²) in [5.74, 6) is -1.49. The summed E-state index contributed by atoms with van der Waals surface area (Å²) in [6.45, 7) is 0.630. The number of hydrogen-bond acceptors (Lipinski definition) is 4. The van der Waals surface area contributed by atoms with E-state index >= 15 is 0 Å². The number of aromatic nitrogens is 1. The zero-order chi connectivity index (χ0) is 14.5. The van der Waals surface area contributed by atoms with Crippen LogP contribution in [0.5, 0.6) is 0 Å². The molecule has 2 aliphatic heterocycles. The molecule has 2 fully saturated rings. The molecule has 106 valence electrons. The zero-order valence-corrected chi connectivity index (χ0v) is 10.1. The van der Waals surface area contributed by atoms with Gasteiger partial charge in [-0.25, -0.2) is 4.98 Å². The first-order valence-corrected chi connectivity index (χ1v) is 5.99. The molecule has 2 aliphatic rings. The lowest BCUT2D eigenvalue weighted by Gasteiger charge is -2.19. The van der Waals surface area contributed by atoms with Crippen molar-refractivity contribution in [3.63, 3.8) is 0 Å². The van der Waals surface area contributed by atoms with E-state index in [1.54, 1.807) is 4.90 Å². The van der Waals surface area contributed by atoms with E-state index in [1.165, 1.54) is 6.07 Å². The molecule has 8 heteroatoms. The highest BCUT2D eigenvalue weighted by molar-refractivity contribution is 6.06. The molecule has 2 amide bonds. The molecule has 20 heavy (non-hydrogen) atoms. The summed E-state index contributed by atoms with van der Waals surface area (Å²) in [7, 11) is 0. The number of anilines is 1. The number of amides is 2. The first-order valence-electron chi connectivity index (χ1n) is 5.99. The molecule has 0 bridgehead atoms. The van der Waals surface area contributed by atoms with Gasteiger partial charge in [0.2, 0.25) is 11.8 Å². The van der Waals surface area contributed by atoms with Crippen LogP contribution < -0.4 is 10.2 Å². The van der Waals surface area contributed by atoms with Gasteiger partial charge in [0, 0.05) is 13.1 Å². The quantitative estimate of drug-likeness (QED) is 0.776. The molecule has 1 aromatic rings. The van der Waals surface area contributed by atoms with E-state index in [4.69, 9.17) is 0 Å². The minimum Gasteiger partial charge on any atom is -0.369 e. The molecule has 0 aliphatic carbocycles. The molecule has 3 rings (SSSR count). The Hall–Kier alpha value is -2.12. The van der Waals surface area contributed by atoms with Crippen LogP contribution in [0, 0.1) is 11.8 Å². The van der Waals surface area contributed by atoms with Crippen LogP contribution in [0.1, 0.15) is 5.69 Å². The smallest absolute Gasteiger partial charge is 0.369 e. The van der Waals surface area contributed by atoms with Gasteiger partial charge >= 0.3 is 6.18 Å². The molecule has 0 spiro atoms. The van der Waals surface area contributed by atoms with Crippen LogP contribution in [0.3, 0.4) is 0 Å². The van der Waals surface area contributed by atoms with Gasteiger partial charge in [-0.1, -0.05) is 0 Å². The molecule has 2 saturated heterocycles. The van der Waals surface area contributed by atoms with Crippen molar-refractivity contribution < 1.29 is 22.8 Å². The second kappa shape index (κ2) is 4.19. The molecule has 2 atom stereocenters. The molecule has 3 heterocycles. The van der Waals surface area contributed by atoms with Gasteiger partial charge in [-0.15, -0.1) is 0 Å². The SMILES string of the molecule is O=C1NC(=O)[C@@H]2CN(c3ccc(C(F)(F)F)nc3)C[C@H]12. The number of nitrogens with zero attached hydrogens (tertiary/aromatic N) is 2. The van der Waals surface area contributed by atoms with Crippen molar-refractivity contribution in [2.45, 2.75) is 6.18 Å². The Bertz CT molecular complexity index is 548. The summed E-state index contributed by atoms with van der Waals surface area (Å²) >= 11 is 0. The van der Waals surface area contributed by atoms with E-state index < -0.39 is 23.7 Å². The minimum absolute atomic E-state index is 0.315. The number of alkyl halides is 3. The summed E-state index contributed by atoms with van der Waals surface area (Å²) in [5, 5.41) is 2.25. The highest BCUT2D eigenvalue weighted by Gasteiger charge is 2.47. The summed E-state index contributed by atoms with van der Waals surface area (Å²) < 4.78 is 37.2. The summed E-state index contributed by atoms with van der Waals surface area (Å²) in [6, 6.07) is 2.20. The van der Waals surface area contributed by atoms with Crippen molar-refractivity contribution in [2.75, 3.05) is 18.0 Å². The van der Waals surface area contributed by atoms with Crippen molar-refractivity contribution in [3.05, 3.63) is 24.0 Å². The average Bonchev–Trinajstić information content (AvgIpc) is 2.92. The molecule has 0 unspecified atom stereocenters. The molecule has 0 radical (unpaired) electrons. The van der Waals surface area contributed by atoms with E-state index in [1.807, 2.05) is 0 Å². The van der Waals surface area contributed by atoms with Crippen LogP contribution in [0.4, 0.5) is 18.9 Å². The van der Waals surface area contributed by atoms with Crippen molar-refractivity contribution in [1.82, 2.24) is 10.3 Å². The summed E-state index contributed by atoms with van der Waals surface area (Å²) in [6.07, 6.45) is -3.36. The molecular weight excluding hydrogens is 275 g/mol. The third-order valence-electron chi connectivity index (χ3n) is 3.64. The second-order valence-electron chi connectivity index (χ2n) is 4.87. The van der Waals surface area contributed by atoms with Crippen LogP contribution in [0.25, 0.3) is 0 Å². The molecule has 1 N–H and O–H groups in total. The van der Waals surface area contributed by atoms with E-state index in [0.717, 1.165) is 12.3 Å². The van der Waals surface area contributed by atoms with Crippen LogP contribution in [-0.4, -0.2) is 29.9 Å². The molecular formula is C12H10F3N3O2. The Morgan fingerprint density at radius 1 is 1.15 bits per heavy atom. The van der Waals surface area contributed by atoms with E-state index in [2.05, 4.69) is 10.3 Å². The lowest BCUT2D eigenvalue weighted by atomic mass is 10.00. The molecule has 5 nitrogen and oxygen atoms in total. The highest BCUT2D eigenvalue weighted by Crippen LogP contribution is 2.33. The van der Waals surface area contributed by atoms with Crippen LogP contribution in [0.2, 0.25) is 0 Å². The number of fused-ring (bicyclic) bond motifs is 1. The van der Waals surface area contributed by atoms with Gasteiger partial charge in [0.25, 0.3) is 0 Å². The van der Waals surface area contributed by atoms with Gasteiger partial charge in [0.15, 0.2) is 0 Å². The topological polar surface area (TPSA) is 62.3 Å². The minimum atomic E-state index is -4.48. The number of nitrogens with one attached hydrogen (secondary N) is 1. The lowest BCUT2D eigenvalue weighted by Crippen LogP contribution is -2.31. The normalized spacial score (nSPS) is 25.9. The number of halogens is 3. The van der Waals surface area contributed by atoms with Crippen molar-refractivity contribution in [2.24, 2.45) is 11.8 Å². The zero-order valence-electron chi connectivity index (χ0n) is 10.1. The molecule has 1 aromatic heterocycles. The Morgan fingerprint density at radius 3 is 2.20 bits per heavy atom. The fourth-order valence-electron chi connectivity index (χ4n) is 2.59. The maximum absolute atomic E-state index is 12.4. The predicted octanol–water partition coefficient (Wildman–Crippen LogP) is 0.809. The Kier molecular flexibility index (Phi) is 2.70. The Balaban J connectivity index is 1.79. The highest BCUT2D eigenvalue weighted by atomic mass is 19.4. The van der Waals surface area contributed by atoms with Crippen molar-refractivity contribution in [3.8, 4) is 0 Å². The molecule has 0 aromatic carbocycles. The average molecular weight is 285 g/mol. The van der Waals surface area contributed by atoms with Gasteiger partial charge in [0.1, 0.15) is 5.69 Å². The summed E-state index contributed by atoms with van der Waals surface area (Å²) in [4.78, 5) is 28.1. The van der Waals surface area contributed by atoms with Gasteiger partial charge in [-0.2, -0.15) is 13.2 Å². The second-order valence-corrected chi connectivity index (χ2v) is 4.87. The van der Waals surface area contributed by atoms with Crippen molar-refractivity contribution >= 4 is 17.5 Å². The number of imide groups is 1. The van der Waals surface area contributed by atoms with Crippen LogP contribution in [-0.2, 0) is 15.8 Å². The number of hydrogen-bond donors (Lipinski definition) is 1. The van der Waals surface area contributed by atoms with Crippen LogP contribution in [0.15, 0.2) is 18.3 Å². The number of rotatable bonds is 1. The predicted molar refractivity (Wildman–Crippen MR) is 61.6 cm³/mol. The maximum atomic E-state index is 12.4. The summed E-state index contributed by atoms with van der Waals surface area (Å²) in [5.41, 5.74) is -0.484. The van der Waals surface area contributed by atoms with Gasteiger partial charge in [0.05, 0.1) is 23.7 Å². The fraction of sp³-hybridized carbons (Fsp3) is 0.417. The van der Waals surface area contributed by atoms with Gasteiger partial charge in [-0.05, 0) is 12.1 Å². The third kappa shape index (κ3) is 2.00. The van der Waals surface area contributed by atoms with E-state index in [9.17, 15) is 22.8 Å². The van der Waals surface area contributed by atoms with Gasteiger partial charge < -0.3 is 4.90 Å². The van der Waals surface area contributed by atoms with Crippen molar-refractivity contribution in [1.29, 1.82) is 0 Å². The third-order valence-corrected chi connectivity index (χ3v) is 3.64. The van der Waals surface area contributed by atoms with Crippen LogP contribution >= 0.6 is 0 Å². The largest absolute Gasteiger partial charge is 0.433 e. The van der Waals surface area contributed by atoms with E-state index in [0.29, 0.717) is 18.8 Å². The standard InChI is InChI=1S/C12H10F3N3O2/c13-12(14,15)9-2-1-6(3-16-9)18-4-7-8(5-18)11(20)17-10(7)19/h1-3,7-8H,4-5H2,(H,17,19,20)/t7-,8+. The molecule has 0 saturated carbocycles. The van der Waals surface area contributed by atoms with E-state index in [-0.39, 0.29) is 11.8 Å². The number of carbonyl (C=O) groups excluding carboxylic acids is 2. The first kappa shape index (κ1) is 12.9. The lowest BCUT2D eigenvalue weighted by molar-refractivity contribution is -0.141.